The third-order valence-electron chi connectivity index (χ3n) is 3.10. The van der Waals surface area contributed by atoms with Gasteiger partial charge in [0, 0.05) is 30.2 Å². The van der Waals surface area contributed by atoms with E-state index in [4.69, 9.17) is 0 Å². The maximum absolute atomic E-state index is 11.9. The van der Waals surface area contributed by atoms with E-state index in [2.05, 4.69) is 32.7 Å². The molecule has 0 bridgehead atoms. The lowest BCUT2D eigenvalue weighted by Crippen LogP contribution is -2.42. The van der Waals surface area contributed by atoms with Gasteiger partial charge in [0.25, 0.3) is 0 Å². The number of nitrogens with zero attached hydrogens (tertiary/aromatic N) is 2. The van der Waals surface area contributed by atoms with E-state index < -0.39 is 0 Å². The van der Waals surface area contributed by atoms with Gasteiger partial charge < -0.3 is 10.2 Å². The summed E-state index contributed by atoms with van der Waals surface area (Å²) in [6.07, 6.45) is 1.75. The van der Waals surface area contributed by atoms with Crippen molar-refractivity contribution < 1.29 is 4.79 Å². The van der Waals surface area contributed by atoms with Crippen molar-refractivity contribution in [1.82, 2.24) is 15.2 Å². The van der Waals surface area contributed by atoms with E-state index >= 15 is 0 Å². The molecule has 1 aromatic carbocycles. The van der Waals surface area contributed by atoms with E-state index in [0.717, 1.165) is 18.0 Å². The average molecular weight is 318 g/mol. The quantitative estimate of drug-likeness (QED) is 0.860. The molecule has 2 rings (SSSR count). The highest BCUT2D eigenvalue weighted by atomic mass is 32.1. The second-order valence-corrected chi connectivity index (χ2v) is 6.69. The second kappa shape index (κ2) is 7.91. The molecule has 2 N–H and O–H groups in total. The molecule has 22 heavy (non-hydrogen) atoms. The van der Waals surface area contributed by atoms with Crippen molar-refractivity contribution in [3.63, 3.8) is 0 Å². The summed E-state index contributed by atoms with van der Waals surface area (Å²) in [4.78, 5) is 19.3. The van der Waals surface area contributed by atoms with Gasteiger partial charge in [-0.1, -0.05) is 30.3 Å². The van der Waals surface area contributed by atoms with Gasteiger partial charge in [0.2, 0.25) is 0 Å². The zero-order chi connectivity index (χ0) is 15.9. The van der Waals surface area contributed by atoms with Crippen molar-refractivity contribution in [3.05, 3.63) is 47.0 Å². The predicted octanol–water partition coefficient (Wildman–Crippen LogP) is 3.09. The van der Waals surface area contributed by atoms with Crippen molar-refractivity contribution in [1.29, 1.82) is 0 Å². The summed E-state index contributed by atoms with van der Waals surface area (Å²) >= 11 is 1.47. The normalized spacial score (nSPS) is 12.2. The minimum atomic E-state index is -0.213. The Morgan fingerprint density at radius 3 is 2.73 bits per heavy atom. The monoisotopic (exact) mass is 318 g/mol. The lowest BCUT2D eigenvalue weighted by atomic mass is 10.2. The van der Waals surface area contributed by atoms with Crippen LogP contribution in [0, 0.1) is 6.92 Å². The molecule has 0 aliphatic heterocycles. The van der Waals surface area contributed by atoms with Crippen LogP contribution in [0.25, 0.3) is 0 Å². The molecule has 0 saturated heterocycles. The molecule has 118 valence electrons. The Kier molecular flexibility index (Phi) is 5.91. The Morgan fingerprint density at radius 1 is 1.36 bits per heavy atom. The molecule has 0 aliphatic rings. The Bertz CT molecular complexity index is 599. The molecule has 1 atom stereocenters. The first-order valence-corrected chi connectivity index (χ1v) is 8.07. The first-order chi connectivity index (χ1) is 10.5. The van der Waals surface area contributed by atoms with Gasteiger partial charge in [-0.3, -0.25) is 5.32 Å². The van der Waals surface area contributed by atoms with Gasteiger partial charge in [-0.2, -0.15) is 0 Å². The SMILES string of the molecule is Cc1cnc(NC(=O)N[C@H](C)CN(C)Cc2ccccc2)s1. The number of likely N-dealkylation sites (N-methyl/N-ethyl adjacent to an activating group) is 1. The zero-order valence-corrected chi connectivity index (χ0v) is 14.0. The Balaban J connectivity index is 1.74. The number of carbonyl (C=O) groups excluding carboxylic acids is 1. The smallest absolute Gasteiger partial charge is 0.321 e. The molecule has 0 radical (unpaired) electrons. The summed E-state index contributed by atoms with van der Waals surface area (Å²) in [6.45, 7) is 5.59. The predicted molar refractivity (Wildman–Crippen MR) is 91.2 cm³/mol. The third kappa shape index (κ3) is 5.46. The standard InChI is InChI=1S/C16H22N4OS/c1-12(10-20(3)11-14-7-5-4-6-8-14)18-15(21)19-16-17-9-13(2)22-16/h4-9,12H,10-11H2,1-3H3,(H2,17,18,19,21)/t12-/m1/s1. The van der Waals surface area contributed by atoms with Crippen LogP contribution in [0.3, 0.4) is 0 Å². The summed E-state index contributed by atoms with van der Waals surface area (Å²) in [5.41, 5.74) is 1.26. The molecule has 0 spiro atoms. The lowest BCUT2D eigenvalue weighted by Gasteiger charge is -2.22. The third-order valence-corrected chi connectivity index (χ3v) is 3.93. The van der Waals surface area contributed by atoms with Gasteiger partial charge >= 0.3 is 6.03 Å². The van der Waals surface area contributed by atoms with E-state index in [1.54, 1.807) is 6.20 Å². The molecule has 0 fully saturated rings. The van der Waals surface area contributed by atoms with Gasteiger partial charge in [0.05, 0.1) is 0 Å². The number of aryl methyl sites for hydroxylation is 1. The largest absolute Gasteiger partial charge is 0.334 e. The van der Waals surface area contributed by atoms with Gasteiger partial charge in [-0.25, -0.2) is 9.78 Å². The van der Waals surface area contributed by atoms with E-state index in [-0.39, 0.29) is 12.1 Å². The molecule has 1 aromatic heterocycles. The van der Waals surface area contributed by atoms with Crippen molar-refractivity contribution in [2.45, 2.75) is 26.4 Å². The van der Waals surface area contributed by atoms with Gasteiger partial charge in [0.1, 0.15) is 0 Å². The summed E-state index contributed by atoms with van der Waals surface area (Å²) in [7, 11) is 2.05. The lowest BCUT2D eigenvalue weighted by molar-refractivity contribution is 0.241. The van der Waals surface area contributed by atoms with Crippen LogP contribution in [0.4, 0.5) is 9.93 Å². The fourth-order valence-corrected chi connectivity index (χ4v) is 2.90. The summed E-state index contributed by atoms with van der Waals surface area (Å²) in [5.74, 6) is 0. The molecule has 0 unspecified atom stereocenters. The van der Waals surface area contributed by atoms with Crippen molar-refractivity contribution in [3.8, 4) is 0 Å². The number of rotatable bonds is 6. The molecule has 6 heteroatoms. The molecule has 5 nitrogen and oxygen atoms in total. The Labute approximate surface area is 135 Å². The first-order valence-electron chi connectivity index (χ1n) is 7.25. The fourth-order valence-electron chi connectivity index (χ4n) is 2.24. The number of carbonyl (C=O) groups is 1. The number of thiazole rings is 1. The minimum Gasteiger partial charge on any atom is -0.334 e. The van der Waals surface area contributed by atoms with Crippen molar-refractivity contribution >= 4 is 22.5 Å². The molecular formula is C16H22N4OS. The number of nitrogens with one attached hydrogen (secondary N) is 2. The number of anilines is 1. The Hall–Kier alpha value is -1.92. The minimum absolute atomic E-state index is 0.0507. The Morgan fingerprint density at radius 2 is 2.09 bits per heavy atom. The maximum atomic E-state index is 11.9. The molecule has 2 amide bonds. The van der Waals surface area contributed by atoms with Gasteiger partial charge in [-0.15, -0.1) is 11.3 Å². The number of hydrogen-bond acceptors (Lipinski definition) is 4. The number of aromatic nitrogens is 1. The zero-order valence-electron chi connectivity index (χ0n) is 13.2. The van der Waals surface area contributed by atoms with Crippen molar-refractivity contribution in [2.75, 3.05) is 18.9 Å². The van der Waals surface area contributed by atoms with Crippen LogP contribution in [0.5, 0.6) is 0 Å². The average Bonchev–Trinajstić information content (AvgIpc) is 2.84. The van der Waals surface area contributed by atoms with E-state index in [9.17, 15) is 4.79 Å². The van der Waals surface area contributed by atoms with Crippen molar-refractivity contribution in [2.24, 2.45) is 0 Å². The van der Waals surface area contributed by atoms with Crippen LogP contribution < -0.4 is 10.6 Å². The number of urea groups is 1. The van der Waals surface area contributed by atoms with Crippen LogP contribution in [0.2, 0.25) is 0 Å². The molecule has 0 aliphatic carbocycles. The van der Waals surface area contributed by atoms with E-state index in [1.807, 2.05) is 39.1 Å². The van der Waals surface area contributed by atoms with Crippen LogP contribution in [0.1, 0.15) is 17.4 Å². The van der Waals surface area contributed by atoms with Crippen LogP contribution in [0.15, 0.2) is 36.5 Å². The number of benzene rings is 1. The van der Waals surface area contributed by atoms with Gasteiger partial charge in [0.15, 0.2) is 5.13 Å². The van der Waals surface area contributed by atoms with Gasteiger partial charge in [-0.05, 0) is 26.5 Å². The fraction of sp³-hybridized carbons (Fsp3) is 0.375. The highest BCUT2D eigenvalue weighted by molar-refractivity contribution is 7.15. The summed E-state index contributed by atoms with van der Waals surface area (Å²) in [5, 5.41) is 6.31. The summed E-state index contributed by atoms with van der Waals surface area (Å²) < 4.78 is 0. The van der Waals surface area contributed by atoms with Crippen LogP contribution in [-0.2, 0) is 6.54 Å². The molecule has 2 aromatic rings. The number of amides is 2. The summed E-state index contributed by atoms with van der Waals surface area (Å²) in [6, 6.07) is 10.1. The molecule has 1 heterocycles. The van der Waals surface area contributed by atoms with E-state index in [0.29, 0.717) is 5.13 Å². The second-order valence-electron chi connectivity index (χ2n) is 5.46. The number of hydrogen-bond donors (Lipinski definition) is 2. The highest BCUT2D eigenvalue weighted by Crippen LogP contribution is 2.16. The topological polar surface area (TPSA) is 57.3 Å². The molecular weight excluding hydrogens is 296 g/mol. The molecule has 0 saturated carbocycles. The maximum Gasteiger partial charge on any atom is 0.321 e. The first kappa shape index (κ1) is 16.5. The highest BCUT2D eigenvalue weighted by Gasteiger charge is 2.11. The van der Waals surface area contributed by atoms with E-state index in [1.165, 1.54) is 16.9 Å². The van der Waals surface area contributed by atoms with Crippen LogP contribution in [-0.4, -0.2) is 35.5 Å². The van der Waals surface area contributed by atoms with Crippen LogP contribution >= 0.6 is 11.3 Å².